The van der Waals surface area contributed by atoms with E-state index >= 15 is 0 Å². The highest BCUT2D eigenvalue weighted by Crippen LogP contribution is 2.35. The van der Waals surface area contributed by atoms with E-state index in [0.29, 0.717) is 5.56 Å². The minimum Gasteiger partial charge on any atom is -0.362 e. The predicted molar refractivity (Wildman–Crippen MR) is 68.4 cm³/mol. The van der Waals surface area contributed by atoms with E-state index in [4.69, 9.17) is 0 Å². The summed E-state index contributed by atoms with van der Waals surface area (Å²) < 4.78 is 38.2. The maximum atomic E-state index is 12.7. The number of halogens is 3. The Labute approximate surface area is 114 Å². The molecule has 3 rings (SSSR count). The number of fused-ring (bicyclic) bond motifs is 1. The van der Waals surface area contributed by atoms with E-state index in [-0.39, 0.29) is 5.71 Å². The molecule has 0 bridgehead atoms. The monoisotopic (exact) mass is 284 g/mol. The standard InChI is InChI=1S/C14H15F3N2O/c15-14(16,17)13(20)8-12(18-19-13)11-6-5-9-3-1-2-4-10(9)7-11/h5-7,19-20H,1-4,8H2/t13-/m0/s1. The number of nitrogens with one attached hydrogen (secondary N) is 1. The van der Waals surface area contributed by atoms with E-state index < -0.39 is 18.3 Å². The third-order valence-corrected chi connectivity index (χ3v) is 3.95. The van der Waals surface area contributed by atoms with Crippen LogP contribution in [0.5, 0.6) is 0 Å². The molecule has 108 valence electrons. The first-order chi connectivity index (χ1) is 9.39. The summed E-state index contributed by atoms with van der Waals surface area (Å²) in [5.74, 6) is 0. The summed E-state index contributed by atoms with van der Waals surface area (Å²) in [7, 11) is 0. The van der Waals surface area contributed by atoms with Crippen molar-refractivity contribution >= 4 is 5.71 Å². The zero-order valence-electron chi connectivity index (χ0n) is 10.8. The fourth-order valence-electron chi connectivity index (χ4n) is 2.72. The number of nitrogens with zero attached hydrogens (tertiary/aromatic N) is 1. The maximum Gasteiger partial charge on any atom is 0.438 e. The van der Waals surface area contributed by atoms with Gasteiger partial charge in [0.05, 0.1) is 12.1 Å². The predicted octanol–water partition coefficient (Wildman–Crippen LogP) is 2.51. The lowest BCUT2D eigenvalue weighted by Crippen LogP contribution is -2.52. The lowest BCUT2D eigenvalue weighted by atomic mass is 9.89. The molecule has 1 aliphatic carbocycles. The molecule has 2 N–H and O–H groups in total. The van der Waals surface area contributed by atoms with Crippen LogP contribution in [0.4, 0.5) is 13.2 Å². The van der Waals surface area contributed by atoms with E-state index in [1.807, 2.05) is 17.6 Å². The second kappa shape index (κ2) is 4.48. The normalized spacial score (nSPS) is 25.9. The van der Waals surface area contributed by atoms with Gasteiger partial charge in [-0.05, 0) is 48.4 Å². The molecule has 2 aliphatic rings. The quantitative estimate of drug-likeness (QED) is 0.832. The van der Waals surface area contributed by atoms with E-state index in [1.165, 1.54) is 11.1 Å². The van der Waals surface area contributed by atoms with Crippen molar-refractivity contribution in [1.82, 2.24) is 5.43 Å². The van der Waals surface area contributed by atoms with Crippen molar-refractivity contribution in [2.24, 2.45) is 5.10 Å². The van der Waals surface area contributed by atoms with Gasteiger partial charge in [0.2, 0.25) is 0 Å². The lowest BCUT2D eigenvalue weighted by molar-refractivity contribution is -0.266. The van der Waals surface area contributed by atoms with Crippen LogP contribution in [0.15, 0.2) is 23.3 Å². The Morgan fingerprint density at radius 2 is 1.85 bits per heavy atom. The first-order valence-corrected chi connectivity index (χ1v) is 6.64. The minimum absolute atomic E-state index is 0.248. The van der Waals surface area contributed by atoms with Crippen LogP contribution in [0.25, 0.3) is 0 Å². The molecular formula is C14H15F3N2O. The maximum absolute atomic E-state index is 12.7. The summed E-state index contributed by atoms with van der Waals surface area (Å²) in [5, 5.41) is 13.2. The average molecular weight is 284 g/mol. The fraction of sp³-hybridized carbons (Fsp3) is 0.500. The van der Waals surface area contributed by atoms with Gasteiger partial charge in [-0.3, -0.25) is 5.43 Å². The number of rotatable bonds is 1. The Morgan fingerprint density at radius 3 is 2.50 bits per heavy atom. The second-order valence-corrected chi connectivity index (χ2v) is 5.40. The number of alkyl halides is 3. The van der Waals surface area contributed by atoms with Crippen molar-refractivity contribution in [2.45, 2.75) is 44.0 Å². The van der Waals surface area contributed by atoms with Crippen LogP contribution in [0.1, 0.15) is 36.0 Å². The lowest BCUT2D eigenvalue weighted by Gasteiger charge is -2.24. The van der Waals surface area contributed by atoms with Crippen LogP contribution in [-0.4, -0.2) is 22.7 Å². The molecule has 0 saturated heterocycles. The Bertz CT molecular complexity index is 568. The van der Waals surface area contributed by atoms with Gasteiger partial charge in [0.25, 0.3) is 5.72 Å². The van der Waals surface area contributed by atoms with Gasteiger partial charge >= 0.3 is 6.18 Å². The smallest absolute Gasteiger partial charge is 0.362 e. The Balaban J connectivity index is 1.85. The SMILES string of the molecule is O[C@]1(C(F)(F)F)CC(c2ccc3c(c2)CCCC3)=NN1. The molecule has 6 heteroatoms. The van der Waals surface area contributed by atoms with Crippen molar-refractivity contribution < 1.29 is 18.3 Å². The Morgan fingerprint density at radius 1 is 1.15 bits per heavy atom. The van der Waals surface area contributed by atoms with E-state index in [1.54, 1.807) is 6.07 Å². The van der Waals surface area contributed by atoms with Crippen molar-refractivity contribution in [3.8, 4) is 0 Å². The molecule has 1 aliphatic heterocycles. The molecule has 0 unspecified atom stereocenters. The zero-order valence-corrected chi connectivity index (χ0v) is 10.8. The first-order valence-electron chi connectivity index (χ1n) is 6.64. The molecule has 0 radical (unpaired) electrons. The molecule has 1 aromatic rings. The van der Waals surface area contributed by atoms with Crippen LogP contribution >= 0.6 is 0 Å². The molecule has 20 heavy (non-hydrogen) atoms. The van der Waals surface area contributed by atoms with Gasteiger partial charge < -0.3 is 5.11 Å². The highest BCUT2D eigenvalue weighted by Gasteiger charge is 2.57. The molecule has 0 saturated carbocycles. The van der Waals surface area contributed by atoms with Gasteiger partial charge in [0.1, 0.15) is 0 Å². The largest absolute Gasteiger partial charge is 0.438 e. The van der Waals surface area contributed by atoms with Crippen LogP contribution in [-0.2, 0) is 12.8 Å². The number of hydrazone groups is 1. The fourth-order valence-corrected chi connectivity index (χ4v) is 2.72. The van der Waals surface area contributed by atoms with Crippen molar-refractivity contribution in [1.29, 1.82) is 0 Å². The van der Waals surface area contributed by atoms with Gasteiger partial charge in [0, 0.05) is 0 Å². The molecule has 0 aromatic heterocycles. The van der Waals surface area contributed by atoms with Crippen LogP contribution in [0.2, 0.25) is 0 Å². The third-order valence-electron chi connectivity index (χ3n) is 3.95. The van der Waals surface area contributed by atoms with E-state index in [0.717, 1.165) is 25.7 Å². The highest BCUT2D eigenvalue weighted by atomic mass is 19.4. The average Bonchev–Trinajstić information content (AvgIpc) is 2.82. The summed E-state index contributed by atoms with van der Waals surface area (Å²) in [6.07, 6.45) is -1.07. The Kier molecular flexibility index (Phi) is 3.01. The molecule has 1 atom stereocenters. The number of aryl methyl sites for hydroxylation is 2. The number of hydrogen-bond acceptors (Lipinski definition) is 3. The van der Waals surface area contributed by atoms with Crippen LogP contribution < -0.4 is 5.43 Å². The molecule has 0 fully saturated rings. The third kappa shape index (κ3) is 2.18. The molecule has 1 heterocycles. The summed E-state index contributed by atoms with van der Waals surface area (Å²) in [6, 6.07) is 5.64. The van der Waals surface area contributed by atoms with Crippen LogP contribution in [0, 0.1) is 0 Å². The van der Waals surface area contributed by atoms with Crippen molar-refractivity contribution in [3.63, 3.8) is 0 Å². The van der Waals surface area contributed by atoms with Gasteiger partial charge in [0.15, 0.2) is 0 Å². The summed E-state index contributed by atoms with van der Waals surface area (Å²) in [4.78, 5) is 0. The van der Waals surface area contributed by atoms with Gasteiger partial charge in [-0.25, -0.2) is 0 Å². The first kappa shape index (κ1) is 13.4. The van der Waals surface area contributed by atoms with E-state index in [9.17, 15) is 18.3 Å². The van der Waals surface area contributed by atoms with E-state index in [2.05, 4.69) is 5.10 Å². The summed E-state index contributed by atoms with van der Waals surface area (Å²) in [6.45, 7) is 0. The van der Waals surface area contributed by atoms with Crippen molar-refractivity contribution in [2.75, 3.05) is 0 Å². The summed E-state index contributed by atoms with van der Waals surface area (Å²) >= 11 is 0. The Hall–Kier alpha value is -1.56. The van der Waals surface area contributed by atoms with Gasteiger partial charge in [-0.15, -0.1) is 0 Å². The molecule has 0 amide bonds. The van der Waals surface area contributed by atoms with Gasteiger partial charge in [-0.2, -0.15) is 18.3 Å². The topological polar surface area (TPSA) is 44.6 Å². The molecular weight excluding hydrogens is 269 g/mol. The van der Waals surface area contributed by atoms with Crippen molar-refractivity contribution in [3.05, 3.63) is 34.9 Å². The van der Waals surface area contributed by atoms with Crippen LogP contribution in [0.3, 0.4) is 0 Å². The number of benzene rings is 1. The minimum atomic E-state index is -4.74. The van der Waals surface area contributed by atoms with Gasteiger partial charge in [-0.1, -0.05) is 12.1 Å². The second-order valence-electron chi connectivity index (χ2n) is 5.40. The zero-order chi connectivity index (χ0) is 14.4. The molecule has 3 nitrogen and oxygen atoms in total. The molecule has 0 spiro atoms. The molecule has 1 aromatic carbocycles. The number of hydrogen-bond donors (Lipinski definition) is 2. The number of aliphatic hydroxyl groups is 1. The summed E-state index contributed by atoms with van der Waals surface area (Å²) in [5.41, 5.74) is 2.21. The highest BCUT2D eigenvalue weighted by molar-refractivity contribution is 6.02.